The van der Waals surface area contributed by atoms with Crippen molar-refractivity contribution in [2.24, 2.45) is 11.7 Å². The number of anilines is 1. The van der Waals surface area contributed by atoms with Crippen molar-refractivity contribution in [3.8, 4) is 5.75 Å². The number of carbonyl (C=O) groups excluding carboxylic acids is 2. The minimum Gasteiger partial charge on any atom is -0.477 e. The van der Waals surface area contributed by atoms with Gasteiger partial charge in [-0.25, -0.2) is 0 Å². The monoisotopic (exact) mass is 289 g/mol. The van der Waals surface area contributed by atoms with Crippen LogP contribution in [-0.2, 0) is 9.59 Å². The minimum absolute atomic E-state index is 0.0317. The average molecular weight is 289 g/mol. The zero-order valence-electron chi connectivity index (χ0n) is 11.7. The molecule has 0 aliphatic carbocycles. The molecular formula is C15H19N3O3. The molecule has 1 aromatic rings. The van der Waals surface area contributed by atoms with E-state index in [9.17, 15) is 9.59 Å². The SMILES string of the molecule is NC(=O)C1CN(C(=O)[C@H]2CCCNC2)c2ccccc2O1. The minimum atomic E-state index is -0.791. The fourth-order valence-corrected chi connectivity index (χ4v) is 2.87. The number of para-hydroxylation sites is 2. The molecule has 2 aliphatic heterocycles. The Bertz CT molecular complexity index is 555. The van der Waals surface area contributed by atoms with Crippen LogP contribution in [0.1, 0.15) is 12.8 Å². The maximum Gasteiger partial charge on any atom is 0.260 e. The number of hydrogen-bond acceptors (Lipinski definition) is 4. The summed E-state index contributed by atoms with van der Waals surface area (Å²) in [5.41, 5.74) is 6.06. The third kappa shape index (κ3) is 2.71. The van der Waals surface area contributed by atoms with Crippen LogP contribution in [0.2, 0.25) is 0 Å². The summed E-state index contributed by atoms with van der Waals surface area (Å²) in [6, 6.07) is 7.25. The third-order valence-corrected chi connectivity index (χ3v) is 4.00. The summed E-state index contributed by atoms with van der Waals surface area (Å²) in [5, 5.41) is 3.24. The fraction of sp³-hybridized carbons (Fsp3) is 0.467. The summed E-state index contributed by atoms with van der Waals surface area (Å²) in [5.74, 6) is -0.0450. The van der Waals surface area contributed by atoms with Crippen LogP contribution >= 0.6 is 0 Å². The first-order valence-corrected chi connectivity index (χ1v) is 7.24. The quantitative estimate of drug-likeness (QED) is 0.818. The van der Waals surface area contributed by atoms with Crippen LogP contribution in [0.15, 0.2) is 24.3 Å². The molecule has 2 amide bonds. The Morgan fingerprint density at radius 1 is 1.33 bits per heavy atom. The normalized spacial score (nSPS) is 24.9. The molecular weight excluding hydrogens is 270 g/mol. The van der Waals surface area contributed by atoms with Crippen molar-refractivity contribution in [2.75, 3.05) is 24.5 Å². The number of piperidine rings is 1. The smallest absolute Gasteiger partial charge is 0.260 e. The number of fused-ring (bicyclic) bond motifs is 1. The Morgan fingerprint density at radius 2 is 2.14 bits per heavy atom. The van der Waals surface area contributed by atoms with Crippen molar-refractivity contribution in [1.29, 1.82) is 0 Å². The van der Waals surface area contributed by atoms with Crippen molar-refractivity contribution >= 4 is 17.5 Å². The van der Waals surface area contributed by atoms with Gasteiger partial charge in [0.1, 0.15) is 5.75 Å². The first kappa shape index (κ1) is 13.9. The van der Waals surface area contributed by atoms with Crippen molar-refractivity contribution < 1.29 is 14.3 Å². The molecule has 1 fully saturated rings. The molecule has 0 saturated carbocycles. The topological polar surface area (TPSA) is 84.7 Å². The highest BCUT2D eigenvalue weighted by molar-refractivity contribution is 5.98. The molecule has 0 aromatic heterocycles. The van der Waals surface area contributed by atoms with Crippen molar-refractivity contribution in [3.05, 3.63) is 24.3 Å². The van der Waals surface area contributed by atoms with E-state index in [2.05, 4.69) is 5.32 Å². The molecule has 1 aromatic carbocycles. The molecule has 0 bridgehead atoms. The molecule has 2 heterocycles. The molecule has 1 saturated heterocycles. The maximum atomic E-state index is 12.8. The van der Waals surface area contributed by atoms with E-state index < -0.39 is 12.0 Å². The van der Waals surface area contributed by atoms with Crippen LogP contribution in [-0.4, -0.2) is 37.6 Å². The second kappa shape index (κ2) is 5.73. The predicted molar refractivity (Wildman–Crippen MR) is 78.0 cm³/mol. The largest absolute Gasteiger partial charge is 0.477 e. The highest BCUT2D eigenvalue weighted by atomic mass is 16.5. The zero-order valence-corrected chi connectivity index (χ0v) is 11.7. The van der Waals surface area contributed by atoms with E-state index in [1.165, 1.54) is 0 Å². The van der Waals surface area contributed by atoms with E-state index in [-0.39, 0.29) is 18.4 Å². The highest BCUT2D eigenvalue weighted by Gasteiger charge is 2.35. The molecule has 3 N–H and O–H groups in total. The molecule has 3 rings (SSSR count). The Labute approximate surface area is 123 Å². The lowest BCUT2D eigenvalue weighted by molar-refractivity contribution is -0.126. The van der Waals surface area contributed by atoms with Gasteiger partial charge in [-0.1, -0.05) is 12.1 Å². The van der Waals surface area contributed by atoms with Gasteiger partial charge >= 0.3 is 0 Å². The third-order valence-electron chi connectivity index (χ3n) is 4.00. The summed E-state index contributed by atoms with van der Waals surface area (Å²) in [7, 11) is 0. The van der Waals surface area contributed by atoms with Gasteiger partial charge < -0.3 is 20.7 Å². The number of hydrogen-bond donors (Lipinski definition) is 2. The summed E-state index contributed by atoms with van der Waals surface area (Å²) < 4.78 is 5.58. The van der Waals surface area contributed by atoms with Gasteiger partial charge in [-0.15, -0.1) is 0 Å². The Hall–Kier alpha value is -2.08. The van der Waals surface area contributed by atoms with E-state index in [1.807, 2.05) is 18.2 Å². The van der Waals surface area contributed by atoms with Gasteiger partial charge in [0.2, 0.25) is 5.91 Å². The number of amides is 2. The second-order valence-corrected chi connectivity index (χ2v) is 5.47. The second-order valence-electron chi connectivity index (χ2n) is 5.47. The fourth-order valence-electron chi connectivity index (χ4n) is 2.87. The Balaban J connectivity index is 1.88. The van der Waals surface area contributed by atoms with Gasteiger partial charge in [-0.3, -0.25) is 9.59 Å². The number of nitrogens with one attached hydrogen (secondary N) is 1. The lowest BCUT2D eigenvalue weighted by Crippen LogP contribution is -2.52. The Kier molecular flexibility index (Phi) is 3.79. The highest BCUT2D eigenvalue weighted by Crippen LogP contribution is 2.34. The van der Waals surface area contributed by atoms with E-state index in [0.29, 0.717) is 18.0 Å². The number of rotatable bonds is 2. The van der Waals surface area contributed by atoms with Crippen LogP contribution < -0.4 is 20.7 Å². The lowest BCUT2D eigenvalue weighted by Gasteiger charge is -2.36. The van der Waals surface area contributed by atoms with Gasteiger partial charge in [-0.05, 0) is 31.5 Å². The molecule has 0 spiro atoms. The summed E-state index contributed by atoms with van der Waals surface area (Å²) in [4.78, 5) is 25.9. The van der Waals surface area contributed by atoms with E-state index >= 15 is 0 Å². The molecule has 2 atom stereocenters. The molecule has 112 valence electrons. The standard InChI is InChI=1S/C15H19N3O3/c16-14(19)13-9-18(11-5-1-2-6-12(11)21-13)15(20)10-4-3-7-17-8-10/h1-2,5-6,10,13,17H,3-4,7-9H2,(H2,16,19)/t10-,13?/m0/s1. The predicted octanol–water partition coefficient (Wildman–Crippen LogP) is 0.265. The van der Waals surface area contributed by atoms with Gasteiger partial charge in [0.05, 0.1) is 18.2 Å². The van der Waals surface area contributed by atoms with Crippen LogP contribution in [0.3, 0.4) is 0 Å². The van der Waals surface area contributed by atoms with Gasteiger partial charge in [0.15, 0.2) is 6.10 Å². The van der Waals surface area contributed by atoms with Gasteiger partial charge in [0.25, 0.3) is 5.91 Å². The maximum absolute atomic E-state index is 12.8. The zero-order chi connectivity index (χ0) is 14.8. The van der Waals surface area contributed by atoms with E-state index in [0.717, 1.165) is 19.4 Å². The summed E-state index contributed by atoms with van der Waals surface area (Å²) in [6.07, 6.45) is 1.06. The molecule has 6 heteroatoms. The number of nitrogens with two attached hydrogens (primary N) is 1. The molecule has 2 aliphatic rings. The number of ether oxygens (including phenoxy) is 1. The van der Waals surface area contributed by atoms with Crippen LogP contribution in [0.4, 0.5) is 5.69 Å². The van der Waals surface area contributed by atoms with Crippen LogP contribution in [0, 0.1) is 5.92 Å². The molecule has 1 unspecified atom stereocenters. The number of nitrogens with zero attached hydrogens (tertiary/aromatic N) is 1. The average Bonchev–Trinajstić information content (AvgIpc) is 2.54. The number of primary amides is 1. The lowest BCUT2D eigenvalue weighted by atomic mass is 9.97. The molecule has 6 nitrogen and oxygen atoms in total. The summed E-state index contributed by atoms with van der Waals surface area (Å²) in [6.45, 7) is 1.81. The number of benzene rings is 1. The van der Waals surface area contributed by atoms with E-state index in [4.69, 9.17) is 10.5 Å². The first-order chi connectivity index (χ1) is 10.2. The van der Waals surface area contributed by atoms with E-state index in [1.54, 1.807) is 11.0 Å². The van der Waals surface area contributed by atoms with Crippen LogP contribution in [0.25, 0.3) is 0 Å². The first-order valence-electron chi connectivity index (χ1n) is 7.24. The molecule has 0 radical (unpaired) electrons. The summed E-state index contributed by atoms with van der Waals surface area (Å²) >= 11 is 0. The Morgan fingerprint density at radius 3 is 2.86 bits per heavy atom. The van der Waals surface area contributed by atoms with Crippen molar-refractivity contribution in [1.82, 2.24) is 5.32 Å². The van der Waals surface area contributed by atoms with Gasteiger partial charge in [-0.2, -0.15) is 0 Å². The molecule has 21 heavy (non-hydrogen) atoms. The number of carbonyl (C=O) groups is 2. The van der Waals surface area contributed by atoms with Crippen LogP contribution in [0.5, 0.6) is 5.75 Å². The van der Waals surface area contributed by atoms with Crippen molar-refractivity contribution in [3.63, 3.8) is 0 Å². The van der Waals surface area contributed by atoms with Crippen molar-refractivity contribution in [2.45, 2.75) is 18.9 Å². The van der Waals surface area contributed by atoms with Gasteiger partial charge in [0, 0.05) is 6.54 Å².